The minimum Gasteiger partial charge on any atom is -0.334 e. The summed E-state index contributed by atoms with van der Waals surface area (Å²) in [5, 5.41) is 0. The highest BCUT2D eigenvalue weighted by atomic mass is 16.2. The second kappa shape index (κ2) is 9.17. The Morgan fingerprint density at radius 1 is 0.969 bits per heavy atom. The van der Waals surface area contributed by atoms with E-state index >= 15 is 0 Å². The van der Waals surface area contributed by atoms with E-state index in [9.17, 15) is 14.4 Å². The summed E-state index contributed by atoms with van der Waals surface area (Å²) >= 11 is 0. The van der Waals surface area contributed by atoms with Crippen LogP contribution in [0.3, 0.4) is 0 Å². The first-order valence-electron chi connectivity index (χ1n) is 10.6. The van der Waals surface area contributed by atoms with Crippen LogP contribution in [-0.4, -0.2) is 81.4 Å². The first-order chi connectivity index (χ1) is 15.5. The zero-order chi connectivity index (χ0) is 22.7. The SMILES string of the molecule is CN(C)C(=O)N1CCN(C(=O)c2nc3cccnc3n(CCc3ccccc3)c2=O)CC1. The van der Waals surface area contributed by atoms with Crippen LogP contribution in [0, 0.1) is 0 Å². The van der Waals surface area contributed by atoms with Crippen molar-refractivity contribution in [1.82, 2.24) is 29.2 Å². The minimum absolute atomic E-state index is 0.0877. The van der Waals surface area contributed by atoms with Gasteiger partial charge in [0.05, 0.1) is 0 Å². The predicted molar refractivity (Wildman–Crippen MR) is 121 cm³/mol. The van der Waals surface area contributed by atoms with Gasteiger partial charge in [0, 0.05) is 53.0 Å². The van der Waals surface area contributed by atoms with Gasteiger partial charge in [-0.25, -0.2) is 14.8 Å². The lowest BCUT2D eigenvalue weighted by molar-refractivity contribution is 0.0642. The van der Waals surface area contributed by atoms with Crippen LogP contribution < -0.4 is 5.56 Å². The smallest absolute Gasteiger partial charge is 0.319 e. The van der Waals surface area contributed by atoms with E-state index in [2.05, 4.69) is 9.97 Å². The average molecular weight is 435 g/mol. The predicted octanol–water partition coefficient (Wildman–Crippen LogP) is 1.47. The van der Waals surface area contributed by atoms with Crippen molar-refractivity contribution in [3.05, 3.63) is 70.3 Å². The summed E-state index contributed by atoms with van der Waals surface area (Å²) < 4.78 is 1.54. The highest BCUT2D eigenvalue weighted by Gasteiger charge is 2.28. The molecule has 166 valence electrons. The lowest BCUT2D eigenvalue weighted by Crippen LogP contribution is -2.53. The lowest BCUT2D eigenvalue weighted by atomic mass is 10.1. The van der Waals surface area contributed by atoms with Gasteiger partial charge in [0.1, 0.15) is 5.52 Å². The number of hydrogen-bond acceptors (Lipinski definition) is 5. The Labute approximate surface area is 185 Å². The van der Waals surface area contributed by atoms with Crippen molar-refractivity contribution in [2.75, 3.05) is 40.3 Å². The zero-order valence-corrected chi connectivity index (χ0v) is 18.3. The van der Waals surface area contributed by atoms with Gasteiger partial charge in [0.25, 0.3) is 11.5 Å². The molecule has 3 amide bonds. The van der Waals surface area contributed by atoms with E-state index in [0.717, 1.165) is 5.56 Å². The molecule has 9 nitrogen and oxygen atoms in total. The van der Waals surface area contributed by atoms with E-state index in [4.69, 9.17) is 0 Å². The molecular weight excluding hydrogens is 408 g/mol. The van der Waals surface area contributed by atoms with E-state index in [1.54, 1.807) is 42.2 Å². The monoisotopic (exact) mass is 434 g/mol. The molecule has 9 heteroatoms. The van der Waals surface area contributed by atoms with Crippen LogP contribution in [0.2, 0.25) is 0 Å². The Morgan fingerprint density at radius 2 is 1.66 bits per heavy atom. The quantitative estimate of drug-likeness (QED) is 0.620. The minimum atomic E-state index is -0.441. The molecule has 1 fully saturated rings. The molecule has 4 rings (SSSR count). The van der Waals surface area contributed by atoms with E-state index in [1.807, 2.05) is 30.3 Å². The molecule has 2 aromatic heterocycles. The van der Waals surface area contributed by atoms with Gasteiger partial charge < -0.3 is 14.7 Å². The van der Waals surface area contributed by atoms with Crippen molar-refractivity contribution < 1.29 is 9.59 Å². The molecule has 0 N–H and O–H groups in total. The normalized spacial score (nSPS) is 13.9. The Balaban J connectivity index is 1.60. The summed E-state index contributed by atoms with van der Waals surface area (Å²) in [6, 6.07) is 13.3. The van der Waals surface area contributed by atoms with E-state index in [-0.39, 0.29) is 11.7 Å². The van der Waals surface area contributed by atoms with Crippen LogP contribution in [0.5, 0.6) is 0 Å². The summed E-state index contributed by atoms with van der Waals surface area (Å²) in [4.78, 5) is 52.2. The maximum absolute atomic E-state index is 13.3. The summed E-state index contributed by atoms with van der Waals surface area (Å²) in [7, 11) is 3.40. The van der Waals surface area contributed by atoms with E-state index in [0.29, 0.717) is 50.3 Å². The van der Waals surface area contributed by atoms with Crippen molar-refractivity contribution in [3.8, 4) is 0 Å². The van der Waals surface area contributed by atoms with E-state index in [1.165, 1.54) is 9.47 Å². The first kappa shape index (κ1) is 21.5. The largest absolute Gasteiger partial charge is 0.334 e. The number of aromatic nitrogens is 3. The molecular formula is C23H26N6O3. The van der Waals surface area contributed by atoms with Gasteiger partial charge in [-0.15, -0.1) is 0 Å². The number of hydrogen-bond donors (Lipinski definition) is 0. The van der Waals surface area contributed by atoms with Crippen LogP contribution >= 0.6 is 0 Å². The van der Waals surface area contributed by atoms with Crippen LogP contribution in [0.4, 0.5) is 4.79 Å². The second-order valence-corrected chi connectivity index (χ2v) is 7.96. The lowest BCUT2D eigenvalue weighted by Gasteiger charge is -2.35. The molecule has 3 heterocycles. The third kappa shape index (κ3) is 4.32. The summed E-state index contributed by atoms with van der Waals surface area (Å²) in [5.74, 6) is -0.411. The standard InChI is InChI=1S/C23H26N6O3/c1-26(2)23(32)28-15-13-27(14-16-28)21(30)19-22(31)29(12-10-17-7-4-3-5-8-17)20-18(25-19)9-6-11-24-20/h3-9,11H,10,12-16H2,1-2H3. The van der Waals surface area contributed by atoms with Crippen molar-refractivity contribution in [3.63, 3.8) is 0 Å². The van der Waals surface area contributed by atoms with Gasteiger partial charge in [-0.1, -0.05) is 30.3 Å². The molecule has 0 atom stereocenters. The number of pyridine rings is 1. The molecule has 0 bridgehead atoms. The Morgan fingerprint density at radius 3 is 2.34 bits per heavy atom. The maximum atomic E-state index is 13.3. The van der Waals surface area contributed by atoms with Gasteiger partial charge in [0.2, 0.25) is 0 Å². The van der Waals surface area contributed by atoms with Crippen molar-refractivity contribution in [2.24, 2.45) is 0 Å². The molecule has 1 aromatic carbocycles. The van der Waals surface area contributed by atoms with E-state index < -0.39 is 11.5 Å². The molecule has 1 aliphatic heterocycles. The summed E-state index contributed by atoms with van der Waals surface area (Å²) in [6.45, 7) is 1.94. The number of benzene rings is 1. The molecule has 1 aliphatic rings. The molecule has 0 radical (unpaired) electrons. The zero-order valence-electron chi connectivity index (χ0n) is 18.3. The third-order valence-electron chi connectivity index (χ3n) is 5.59. The summed E-state index contributed by atoms with van der Waals surface area (Å²) in [6.07, 6.45) is 2.25. The Kier molecular flexibility index (Phi) is 6.16. The molecule has 0 unspecified atom stereocenters. The summed E-state index contributed by atoms with van der Waals surface area (Å²) in [5.41, 5.74) is 1.51. The topological polar surface area (TPSA) is 91.6 Å². The Hall–Kier alpha value is -3.75. The van der Waals surface area contributed by atoms with Gasteiger partial charge >= 0.3 is 6.03 Å². The Bertz CT molecular complexity index is 1180. The molecule has 1 saturated heterocycles. The van der Waals surface area contributed by atoms with Crippen LogP contribution in [0.15, 0.2) is 53.5 Å². The fourth-order valence-corrected chi connectivity index (χ4v) is 3.84. The van der Waals surface area contributed by atoms with Crippen LogP contribution in [0.1, 0.15) is 16.1 Å². The third-order valence-corrected chi connectivity index (χ3v) is 5.59. The van der Waals surface area contributed by atoms with Crippen molar-refractivity contribution in [1.29, 1.82) is 0 Å². The molecule has 3 aromatic rings. The van der Waals surface area contributed by atoms with Gasteiger partial charge in [-0.05, 0) is 24.1 Å². The van der Waals surface area contributed by atoms with Gasteiger partial charge in [-0.2, -0.15) is 0 Å². The number of amides is 3. The molecule has 0 spiro atoms. The van der Waals surface area contributed by atoms with Gasteiger partial charge in [0.15, 0.2) is 11.3 Å². The number of carbonyl (C=O) groups excluding carboxylic acids is 2. The fraction of sp³-hybridized carbons (Fsp3) is 0.348. The van der Waals surface area contributed by atoms with Crippen molar-refractivity contribution in [2.45, 2.75) is 13.0 Å². The second-order valence-electron chi connectivity index (χ2n) is 7.96. The number of aryl methyl sites for hydroxylation is 2. The molecule has 32 heavy (non-hydrogen) atoms. The number of nitrogens with zero attached hydrogens (tertiary/aromatic N) is 6. The van der Waals surface area contributed by atoms with Gasteiger partial charge in [-0.3, -0.25) is 14.2 Å². The first-order valence-corrected chi connectivity index (χ1v) is 10.6. The number of piperazine rings is 1. The van der Waals surface area contributed by atoms with Crippen LogP contribution in [0.25, 0.3) is 11.2 Å². The van der Waals surface area contributed by atoms with Crippen LogP contribution in [-0.2, 0) is 13.0 Å². The number of fused-ring (bicyclic) bond motifs is 1. The fourth-order valence-electron chi connectivity index (χ4n) is 3.84. The highest BCUT2D eigenvalue weighted by molar-refractivity contribution is 5.93. The highest BCUT2D eigenvalue weighted by Crippen LogP contribution is 2.12. The van der Waals surface area contributed by atoms with Crippen molar-refractivity contribution >= 4 is 23.1 Å². The number of urea groups is 1. The maximum Gasteiger partial charge on any atom is 0.319 e. The number of carbonyl (C=O) groups is 2. The number of rotatable bonds is 4. The average Bonchev–Trinajstić information content (AvgIpc) is 2.83. The molecule has 0 aliphatic carbocycles. The molecule has 0 saturated carbocycles.